The lowest BCUT2D eigenvalue weighted by Crippen LogP contribution is -2.17. The summed E-state index contributed by atoms with van der Waals surface area (Å²) in [5.41, 5.74) is -5.85. The van der Waals surface area contributed by atoms with E-state index in [4.69, 9.17) is 31.0 Å². The first kappa shape index (κ1) is 26.2. The molecule has 338 valence electrons. The Labute approximate surface area is 425 Å². The predicted molar refractivity (Wildman–Crippen MR) is 281 cm³/mol. The maximum Gasteiger partial charge on any atom is 0.149 e. The van der Waals surface area contributed by atoms with Crippen molar-refractivity contribution in [1.29, 1.82) is 0 Å². The van der Waals surface area contributed by atoms with Gasteiger partial charge >= 0.3 is 0 Å². The molecule has 8 rings (SSSR count). The van der Waals surface area contributed by atoms with Crippen molar-refractivity contribution >= 4 is 11.0 Å². The Bertz CT molecular complexity index is 3990. The second kappa shape index (κ2) is 16.6. The average molecular weight is 894 g/mol. The van der Waals surface area contributed by atoms with Crippen molar-refractivity contribution < 1.29 is 35.3 Å². The summed E-state index contributed by atoms with van der Waals surface area (Å²) in [6.07, 6.45) is -0.798. The van der Waals surface area contributed by atoms with E-state index in [1.165, 1.54) is 6.07 Å². The molecule has 0 aliphatic heterocycles. The highest BCUT2D eigenvalue weighted by atomic mass is 16.3. The number of fused-ring (bicyclic) bond motifs is 1. The molecule has 0 aliphatic rings. The van der Waals surface area contributed by atoms with Gasteiger partial charge in [0, 0.05) is 49.0 Å². The second-order valence-electron chi connectivity index (χ2n) is 20.3. The highest BCUT2D eigenvalue weighted by Gasteiger charge is 2.30. The first-order valence-corrected chi connectivity index (χ1v) is 21.8. The van der Waals surface area contributed by atoms with Gasteiger partial charge in [0.25, 0.3) is 0 Å². The zero-order chi connectivity index (χ0) is 66.3. The molecule has 8 aromatic rings. The summed E-state index contributed by atoms with van der Waals surface area (Å²) < 4.78 is 193. The monoisotopic (exact) mass is 894 g/mol. The Morgan fingerprint density at radius 3 is 1.79 bits per heavy atom. The summed E-state index contributed by atoms with van der Waals surface area (Å²) in [5, 5.41) is 12.9. The molecular formula is C62H69N3O. The molecule has 6 aromatic carbocycles. The van der Waals surface area contributed by atoms with Gasteiger partial charge in [-0.15, -0.1) is 0 Å². The minimum absolute atomic E-state index is 0.0181. The first-order chi connectivity index (χ1) is 40.0. The molecule has 0 spiro atoms. The number of phenolic OH excluding ortho intramolecular Hbond substituents is 1. The van der Waals surface area contributed by atoms with E-state index < -0.39 is 121 Å². The molecule has 4 nitrogen and oxygen atoms in total. The summed E-state index contributed by atoms with van der Waals surface area (Å²) in [6.45, 7) is 0.468. The summed E-state index contributed by atoms with van der Waals surface area (Å²) in [7, 11) is 0. The number of para-hydroxylation sites is 1. The molecule has 0 saturated heterocycles. The third kappa shape index (κ3) is 9.12. The van der Waals surface area contributed by atoms with Gasteiger partial charge in [0.2, 0.25) is 0 Å². The fourth-order valence-electron chi connectivity index (χ4n) is 7.98. The summed E-state index contributed by atoms with van der Waals surface area (Å²) >= 11 is 0. The quantitative estimate of drug-likeness (QED) is 0.181. The molecule has 0 atom stereocenters. The molecule has 0 saturated carbocycles. The molecule has 0 unspecified atom stereocenters. The topological polar surface area (TPSA) is 50.9 Å². The van der Waals surface area contributed by atoms with Crippen molar-refractivity contribution in [2.24, 2.45) is 0 Å². The average Bonchev–Trinajstić information content (AvgIpc) is 0.752. The van der Waals surface area contributed by atoms with Gasteiger partial charge in [-0.1, -0.05) is 188 Å². The van der Waals surface area contributed by atoms with Crippen molar-refractivity contribution in [3.63, 3.8) is 0 Å². The highest BCUT2D eigenvalue weighted by molar-refractivity contribution is 5.98. The smallest absolute Gasteiger partial charge is 0.149 e. The van der Waals surface area contributed by atoms with Gasteiger partial charge in [0.1, 0.15) is 11.6 Å². The molecule has 0 radical (unpaired) electrons. The van der Waals surface area contributed by atoms with Gasteiger partial charge in [-0.2, -0.15) is 0 Å². The SMILES string of the molecule is [2H]c1nc(-c2cc(-c3cccc4c3nc(-c3cc(C(C)(C)C)cc(C(C)(C([2H])([2H])[2H])C([2H])([2H])[2H])c3O)n4-c3ccc(C(C)(C)C)cc3-c3ccccc3)cc(C(C)(C)C)c2)c([2H])c(-c2c([2H])c([2H])c(C(C([2H])([2H])[2H])(C([2H])([2H])[2H])C([2H])([2H])[2H])c([2H])c2[2H])c1[2H]. The molecule has 2 aromatic heterocycles. The normalized spacial score (nSPS) is 18.6. The fourth-order valence-corrected chi connectivity index (χ4v) is 7.98. The minimum atomic E-state index is -3.97. The van der Waals surface area contributed by atoms with Crippen LogP contribution < -0.4 is 0 Å². The van der Waals surface area contributed by atoms with Crippen molar-refractivity contribution in [1.82, 2.24) is 14.5 Å². The number of hydrogen-bond acceptors (Lipinski definition) is 3. The second-order valence-corrected chi connectivity index (χ2v) is 20.3. The summed E-state index contributed by atoms with van der Waals surface area (Å²) in [5.74, 6) is -0.523. The lowest BCUT2D eigenvalue weighted by Gasteiger charge is -2.28. The van der Waals surface area contributed by atoms with Crippen LogP contribution in [0.15, 0.2) is 139 Å². The number of nitrogens with zero attached hydrogens (tertiary/aromatic N) is 3. The van der Waals surface area contributed by atoms with Crippen LogP contribution in [0.3, 0.4) is 0 Å². The van der Waals surface area contributed by atoms with Crippen molar-refractivity contribution in [3.8, 4) is 67.5 Å². The van der Waals surface area contributed by atoms with Crippen LogP contribution in [0.1, 0.15) is 161 Å². The first-order valence-electron chi connectivity index (χ1n) is 32.8. The van der Waals surface area contributed by atoms with Crippen LogP contribution in [0.5, 0.6) is 5.75 Å². The van der Waals surface area contributed by atoms with Gasteiger partial charge in [-0.05, 0) is 120 Å². The van der Waals surface area contributed by atoms with Crippen LogP contribution in [0, 0.1) is 0 Å². The van der Waals surface area contributed by atoms with Gasteiger partial charge in [-0.25, -0.2) is 4.98 Å². The van der Waals surface area contributed by atoms with Gasteiger partial charge < -0.3 is 5.11 Å². The number of rotatable bonds is 6. The Hall–Kier alpha value is -6.26. The number of pyridine rings is 1. The Kier molecular flexibility index (Phi) is 6.57. The van der Waals surface area contributed by atoms with E-state index in [0.29, 0.717) is 39.0 Å². The number of benzene rings is 6. The Morgan fingerprint density at radius 1 is 0.500 bits per heavy atom. The standard InChI is InChI=1S/C62H69N3O/c1-58(2,3)44-26-24-39(25-27-44)41-30-31-63-52(35-41)43-32-42(33-46(34-43)60(7,8)9)48-22-19-23-54-55(48)64-57(50-37-47(61(10,11)12)38-51(56(50)66)62(13,14)15)65(54)53-29-28-45(59(4,5)6)36-49(53)40-20-17-16-18-21-40/h16-38,66H,1-15H3/i1D3,2D3,3D3,13D3,14D3,24D,25D,26D,27D,30D,31D,35D. The van der Waals surface area contributed by atoms with Crippen molar-refractivity contribution in [2.75, 3.05) is 0 Å². The van der Waals surface area contributed by atoms with E-state index in [1.54, 1.807) is 30.3 Å². The Morgan fingerprint density at radius 2 is 1.14 bits per heavy atom. The van der Waals surface area contributed by atoms with Crippen molar-refractivity contribution in [3.05, 3.63) is 167 Å². The lowest BCUT2D eigenvalue weighted by molar-refractivity contribution is 0.446. The third-order valence-electron chi connectivity index (χ3n) is 11.9. The fraction of sp³-hybridized carbons (Fsp3) is 0.323. The van der Waals surface area contributed by atoms with Crippen LogP contribution in [-0.4, -0.2) is 19.6 Å². The maximum atomic E-state index is 12.9. The summed E-state index contributed by atoms with van der Waals surface area (Å²) in [4.78, 5) is 9.79. The number of aromatic hydroxyl groups is 1. The third-order valence-corrected chi connectivity index (χ3v) is 11.9. The van der Waals surface area contributed by atoms with E-state index >= 15 is 0 Å². The van der Waals surface area contributed by atoms with E-state index in [2.05, 4.69) is 31.8 Å². The zero-order valence-electron chi connectivity index (χ0n) is 61.0. The van der Waals surface area contributed by atoms with Crippen LogP contribution in [0.2, 0.25) is 0 Å². The largest absolute Gasteiger partial charge is 0.507 e. The van der Waals surface area contributed by atoms with E-state index in [1.807, 2.05) is 101 Å². The molecule has 66 heavy (non-hydrogen) atoms. The molecule has 0 fully saturated rings. The number of aromatic nitrogens is 3. The van der Waals surface area contributed by atoms with Crippen LogP contribution >= 0.6 is 0 Å². The molecule has 0 amide bonds. The van der Waals surface area contributed by atoms with Crippen LogP contribution in [-0.2, 0) is 27.1 Å². The van der Waals surface area contributed by atoms with Crippen LogP contribution in [0.25, 0.3) is 72.7 Å². The maximum absolute atomic E-state index is 12.9. The summed E-state index contributed by atoms with van der Waals surface area (Å²) in [6, 6.07) is 22.7. The predicted octanol–water partition coefficient (Wildman–Crippen LogP) is 16.9. The zero-order valence-corrected chi connectivity index (χ0v) is 39.0. The van der Waals surface area contributed by atoms with E-state index in [9.17, 15) is 9.22 Å². The van der Waals surface area contributed by atoms with Gasteiger partial charge in [-0.3, -0.25) is 9.55 Å². The molecule has 4 heteroatoms. The minimum Gasteiger partial charge on any atom is -0.507 e. The van der Waals surface area contributed by atoms with Gasteiger partial charge in [0.15, 0.2) is 0 Å². The number of phenols is 1. The molecular weight excluding hydrogens is 803 g/mol. The molecule has 0 bridgehead atoms. The Balaban J connectivity index is 1.51. The van der Waals surface area contributed by atoms with E-state index in [-0.39, 0.29) is 33.6 Å². The highest BCUT2D eigenvalue weighted by Crippen LogP contribution is 2.46. The molecule has 1 N–H and O–H groups in total. The van der Waals surface area contributed by atoms with Crippen molar-refractivity contribution in [2.45, 2.75) is 131 Å². The number of hydrogen-bond donors (Lipinski definition) is 1. The molecule has 0 aliphatic carbocycles. The van der Waals surface area contributed by atoms with Gasteiger partial charge in [0.05, 0.1) is 37.6 Å². The number of imidazole rings is 1. The van der Waals surface area contributed by atoms with E-state index in [0.717, 1.165) is 23.6 Å². The lowest BCUT2D eigenvalue weighted by atomic mass is 9.79. The molecule has 2 heterocycles. The van der Waals surface area contributed by atoms with Crippen LogP contribution in [0.4, 0.5) is 0 Å².